The van der Waals surface area contributed by atoms with Gasteiger partial charge in [-0.1, -0.05) is 0 Å². The molecule has 0 saturated carbocycles. The van der Waals surface area contributed by atoms with Crippen LogP contribution in [0.15, 0.2) is 0 Å². The number of rotatable bonds is 1. The van der Waals surface area contributed by atoms with Crippen LogP contribution in [-0.4, -0.2) is 17.1 Å². The summed E-state index contributed by atoms with van der Waals surface area (Å²) in [5, 5.41) is 7.97. The predicted octanol–water partition coefficient (Wildman–Crippen LogP) is 0.541. The van der Waals surface area contributed by atoms with Crippen molar-refractivity contribution in [2.24, 2.45) is 0 Å². The molecule has 46 valence electrons. The maximum Gasteiger partial charge on any atom is 0.387 e. The summed E-state index contributed by atoms with van der Waals surface area (Å²) in [6.07, 6.45) is 0. The number of carbonyl (C=O) groups is 1. The van der Waals surface area contributed by atoms with Gasteiger partial charge in [-0.15, -0.1) is 0 Å². The Kier molecular flexibility index (Phi) is 5.12. The van der Waals surface area contributed by atoms with Gasteiger partial charge in [-0.05, 0) is 0 Å². The molecule has 0 heterocycles. The molecule has 0 radical (unpaired) electrons. The standard InChI is InChI=1S/C4H5NO2.H3N/c1-3(5-2)4(6)7;/h3H,1H3,(H,6,7);1H3. The zero-order chi connectivity index (χ0) is 5.86. The van der Waals surface area contributed by atoms with Gasteiger partial charge in [0, 0.05) is 6.92 Å². The van der Waals surface area contributed by atoms with Gasteiger partial charge in [-0.25, -0.2) is 11.4 Å². The van der Waals surface area contributed by atoms with Crippen molar-refractivity contribution >= 4 is 5.97 Å². The van der Waals surface area contributed by atoms with Crippen LogP contribution in [0.1, 0.15) is 6.92 Å². The van der Waals surface area contributed by atoms with Crippen LogP contribution in [0.2, 0.25) is 0 Å². The minimum atomic E-state index is -1.06. The van der Waals surface area contributed by atoms with Gasteiger partial charge in [0.1, 0.15) is 0 Å². The van der Waals surface area contributed by atoms with E-state index in [1.54, 1.807) is 0 Å². The van der Waals surface area contributed by atoms with Crippen molar-refractivity contribution in [3.05, 3.63) is 11.4 Å². The number of carboxylic acid groups (broad SMARTS) is 1. The summed E-state index contributed by atoms with van der Waals surface area (Å²) < 4.78 is 0. The number of hydrogen-bond acceptors (Lipinski definition) is 2. The Balaban J connectivity index is 0. The highest BCUT2D eigenvalue weighted by Gasteiger charge is 2.12. The predicted molar refractivity (Wildman–Crippen MR) is 28.7 cm³/mol. The molecule has 0 fully saturated rings. The molecule has 0 saturated heterocycles. The zero-order valence-electron chi connectivity index (χ0n) is 4.59. The Morgan fingerprint density at radius 3 is 2.25 bits per heavy atom. The van der Waals surface area contributed by atoms with Gasteiger partial charge in [0.2, 0.25) is 0 Å². The van der Waals surface area contributed by atoms with Crippen molar-refractivity contribution in [1.82, 2.24) is 6.15 Å². The molecule has 0 aromatic heterocycles. The molecular formula is C4H8N2O2. The number of nitrogens with zero attached hydrogens (tertiary/aromatic N) is 1. The largest absolute Gasteiger partial charge is 0.476 e. The minimum absolute atomic E-state index is 0. The second kappa shape index (κ2) is 4.09. The maximum atomic E-state index is 9.72. The summed E-state index contributed by atoms with van der Waals surface area (Å²) in [6.45, 7) is 7.53. The zero-order valence-corrected chi connectivity index (χ0v) is 4.59. The van der Waals surface area contributed by atoms with E-state index in [1.807, 2.05) is 0 Å². The van der Waals surface area contributed by atoms with Crippen LogP contribution >= 0.6 is 0 Å². The van der Waals surface area contributed by atoms with Gasteiger partial charge in [0.25, 0.3) is 0 Å². The van der Waals surface area contributed by atoms with E-state index in [-0.39, 0.29) is 6.15 Å². The van der Waals surface area contributed by atoms with Gasteiger partial charge in [0.15, 0.2) is 0 Å². The third kappa shape index (κ3) is 3.12. The lowest BCUT2D eigenvalue weighted by atomic mass is 10.4. The van der Waals surface area contributed by atoms with Gasteiger partial charge in [0.05, 0.1) is 0 Å². The van der Waals surface area contributed by atoms with Crippen LogP contribution in [-0.2, 0) is 4.79 Å². The summed E-state index contributed by atoms with van der Waals surface area (Å²) in [6, 6.07) is -0.889. The van der Waals surface area contributed by atoms with Crippen LogP contribution in [0.3, 0.4) is 0 Å². The SMILES string of the molecule is N.[C-]#[N+]C(C)C(=O)O. The van der Waals surface area contributed by atoms with Gasteiger partial charge < -0.3 is 16.1 Å². The molecule has 4 nitrogen and oxygen atoms in total. The smallest absolute Gasteiger partial charge is 0.387 e. The molecule has 0 aliphatic rings. The van der Waals surface area contributed by atoms with Crippen molar-refractivity contribution in [3.8, 4) is 0 Å². The molecule has 0 aliphatic carbocycles. The third-order valence-electron chi connectivity index (χ3n) is 0.551. The average molecular weight is 116 g/mol. The van der Waals surface area contributed by atoms with Crippen LogP contribution < -0.4 is 6.15 Å². The van der Waals surface area contributed by atoms with Crippen molar-refractivity contribution in [2.75, 3.05) is 0 Å². The molecule has 4 N–H and O–H groups in total. The van der Waals surface area contributed by atoms with E-state index in [2.05, 4.69) is 4.85 Å². The monoisotopic (exact) mass is 116 g/mol. The third-order valence-corrected chi connectivity index (χ3v) is 0.551. The Hall–Kier alpha value is -1.08. The molecule has 8 heavy (non-hydrogen) atoms. The fourth-order valence-corrected chi connectivity index (χ4v) is 0.0552. The molecule has 0 amide bonds. The van der Waals surface area contributed by atoms with E-state index in [9.17, 15) is 4.79 Å². The first-order valence-electron chi connectivity index (χ1n) is 1.78. The molecule has 0 rings (SSSR count). The van der Waals surface area contributed by atoms with E-state index < -0.39 is 12.0 Å². The van der Waals surface area contributed by atoms with E-state index in [0.717, 1.165) is 0 Å². The lowest BCUT2D eigenvalue weighted by Crippen LogP contribution is -2.09. The van der Waals surface area contributed by atoms with Crippen LogP contribution in [0.4, 0.5) is 0 Å². The Morgan fingerprint density at radius 1 is 1.88 bits per heavy atom. The lowest BCUT2D eigenvalue weighted by molar-refractivity contribution is -0.137. The van der Waals surface area contributed by atoms with E-state index >= 15 is 0 Å². The second-order valence-electron chi connectivity index (χ2n) is 1.14. The fourth-order valence-electron chi connectivity index (χ4n) is 0.0552. The number of carboxylic acids is 1. The van der Waals surface area contributed by atoms with Crippen LogP contribution in [0.25, 0.3) is 4.85 Å². The summed E-state index contributed by atoms with van der Waals surface area (Å²) in [5.41, 5.74) is 0. The summed E-state index contributed by atoms with van der Waals surface area (Å²) in [4.78, 5) is 12.5. The molecule has 0 aliphatic heterocycles. The summed E-state index contributed by atoms with van der Waals surface area (Å²) >= 11 is 0. The highest BCUT2D eigenvalue weighted by molar-refractivity contribution is 5.74. The lowest BCUT2D eigenvalue weighted by Gasteiger charge is -1.83. The topological polar surface area (TPSA) is 76.7 Å². The average Bonchev–Trinajstić information content (AvgIpc) is 1.65. The van der Waals surface area contributed by atoms with Crippen LogP contribution in [0.5, 0.6) is 0 Å². The van der Waals surface area contributed by atoms with Gasteiger partial charge >= 0.3 is 12.0 Å². The Labute approximate surface area is 47.5 Å². The molecule has 0 aromatic carbocycles. The van der Waals surface area contributed by atoms with E-state index in [1.165, 1.54) is 6.92 Å². The van der Waals surface area contributed by atoms with Crippen molar-refractivity contribution in [3.63, 3.8) is 0 Å². The van der Waals surface area contributed by atoms with Gasteiger partial charge in [-0.2, -0.15) is 0 Å². The quantitative estimate of drug-likeness (QED) is 0.491. The molecular weight excluding hydrogens is 108 g/mol. The molecule has 1 unspecified atom stereocenters. The first kappa shape index (κ1) is 10.0. The van der Waals surface area contributed by atoms with E-state index in [0.29, 0.717) is 0 Å². The summed E-state index contributed by atoms with van der Waals surface area (Å²) in [7, 11) is 0. The van der Waals surface area contributed by atoms with Crippen molar-refractivity contribution < 1.29 is 9.90 Å². The number of hydrogen-bond donors (Lipinski definition) is 2. The highest BCUT2D eigenvalue weighted by Crippen LogP contribution is 1.84. The minimum Gasteiger partial charge on any atom is -0.476 e. The molecule has 0 aromatic rings. The summed E-state index contributed by atoms with van der Waals surface area (Å²) in [5.74, 6) is -1.06. The van der Waals surface area contributed by atoms with Crippen molar-refractivity contribution in [2.45, 2.75) is 13.0 Å². The van der Waals surface area contributed by atoms with Crippen LogP contribution in [0, 0.1) is 6.57 Å². The van der Waals surface area contributed by atoms with Crippen molar-refractivity contribution in [1.29, 1.82) is 0 Å². The molecule has 1 atom stereocenters. The van der Waals surface area contributed by atoms with E-state index in [4.69, 9.17) is 11.7 Å². The molecule has 0 spiro atoms. The highest BCUT2D eigenvalue weighted by atomic mass is 16.4. The molecule has 0 bridgehead atoms. The molecule has 4 heteroatoms. The Morgan fingerprint density at radius 2 is 2.25 bits per heavy atom. The fraction of sp³-hybridized carbons (Fsp3) is 0.500. The maximum absolute atomic E-state index is 9.72. The Bertz CT molecular complexity index is 116. The normalized spacial score (nSPS) is 10.5. The first-order chi connectivity index (χ1) is 3.18. The number of aliphatic carboxylic acids is 1. The first-order valence-corrected chi connectivity index (χ1v) is 1.78. The second-order valence-corrected chi connectivity index (χ2v) is 1.14. The van der Waals surface area contributed by atoms with Gasteiger partial charge in [-0.3, -0.25) is 0 Å².